The van der Waals surface area contributed by atoms with Crippen molar-refractivity contribution in [1.82, 2.24) is 0 Å². The lowest BCUT2D eigenvalue weighted by molar-refractivity contribution is 0.590. The summed E-state index contributed by atoms with van der Waals surface area (Å²) in [6, 6.07) is 4.81. The molecule has 0 aliphatic heterocycles. The number of sulfone groups is 2. The van der Waals surface area contributed by atoms with Gasteiger partial charge in [-0.15, -0.1) is 0 Å². The molecular formula is C12H19NO4S2. The molecule has 0 aromatic heterocycles. The Hall–Kier alpha value is -1.08. The molecule has 0 aliphatic rings. The highest BCUT2D eigenvalue weighted by Gasteiger charge is 2.19. The van der Waals surface area contributed by atoms with Crippen molar-refractivity contribution in [1.29, 1.82) is 0 Å². The molecule has 0 fully saturated rings. The van der Waals surface area contributed by atoms with Crippen LogP contribution in [0.15, 0.2) is 23.1 Å². The van der Waals surface area contributed by atoms with Crippen molar-refractivity contribution in [3.8, 4) is 0 Å². The minimum atomic E-state index is -3.53. The van der Waals surface area contributed by atoms with Crippen LogP contribution in [0.5, 0.6) is 0 Å². The average Bonchev–Trinajstić information content (AvgIpc) is 2.32. The highest BCUT2D eigenvalue weighted by atomic mass is 32.2. The van der Waals surface area contributed by atoms with E-state index in [9.17, 15) is 16.8 Å². The normalized spacial score (nSPS) is 12.5. The molecule has 1 aromatic carbocycles. The minimum Gasteiger partial charge on any atom is -0.397 e. The van der Waals surface area contributed by atoms with Crippen LogP contribution < -0.4 is 5.73 Å². The number of benzene rings is 1. The van der Waals surface area contributed by atoms with E-state index in [-0.39, 0.29) is 34.3 Å². The van der Waals surface area contributed by atoms with Gasteiger partial charge in [0.2, 0.25) is 0 Å². The van der Waals surface area contributed by atoms with Crippen LogP contribution in [0.2, 0.25) is 0 Å². The molecule has 0 unspecified atom stereocenters. The lowest BCUT2D eigenvalue weighted by atomic mass is 10.2. The molecule has 108 valence electrons. The fourth-order valence-electron chi connectivity index (χ4n) is 1.65. The topological polar surface area (TPSA) is 94.3 Å². The summed E-state index contributed by atoms with van der Waals surface area (Å²) in [5, 5.41) is 0. The molecule has 7 heteroatoms. The van der Waals surface area contributed by atoms with Crippen LogP contribution in [0.25, 0.3) is 0 Å². The molecule has 19 heavy (non-hydrogen) atoms. The van der Waals surface area contributed by atoms with E-state index in [1.807, 2.05) is 0 Å². The second-order valence-electron chi connectivity index (χ2n) is 4.40. The number of anilines is 1. The first-order valence-corrected chi connectivity index (χ1v) is 9.45. The molecule has 0 radical (unpaired) electrons. The zero-order valence-corrected chi connectivity index (χ0v) is 12.7. The summed E-state index contributed by atoms with van der Waals surface area (Å²) in [7, 11) is -6.67. The van der Waals surface area contributed by atoms with Crippen LogP contribution in [0.4, 0.5) is 5.69 Å². The van der Waals surface area contributed by atoms with Crippen molar-refractivity contribution < 1.29 is 16.8 Å². The number of nitrogen functional groups attached to an aromatic ring is 1. The van der Waals surface area contributed by atoms with Gasteiger partial charge in [0.05, 0.1) is 22.1 Å². The SMILES string of the molecule is CCS(=O)(=O)CCCS(=O)(=O)c1cccc(C)c1N. The van der Waals surface area contributed by atoms with Crippen LogP contribution in [0.3, 0.4) is 0 Å². The molecule has 0 amide bonds. The maximum Gasteiger partial charge on any atom is 0.180 e. The highest BCUT2D eigenvalue weighted by molar-refractivity contribution is 7.92. The molecule has 0 spiro atoms. The molecule has 2 N–H and O–H groups in total. The van der Waals surface area contributed by atoms with Crippen molar-refractivity contribution in [3.05, 3.63) is 23.8 Å². The van der Waals surface area contributed by atoms with Crippen LogP contribution in [0, 0.1) is 6.92 Å². The van der Waals surface area contributed by atoms with Gasteiger partial charge in [-0.05, 0) is 25.0 Å². The molecule has 1 rings (SSSR count). The van der Waals surface area contributed by atoms with Gasteiger partial charge in [-0.1, -0.05) is 19.1 Å². The molecule has 1 aromatic rings. The van der Waals surface area contributed by atoms with Gasteiger partial charge in [0.25, 0.3) is 0 Å². The predicted octanol–water partition coefficient (Wildman–Crippen LogP) is 1.18. The summed E-state index contributed by atoms with van der Waals surface area (Å²) in [6.07, 6.45) is 0.0892. The Morgan fingerprint density at radius 3 is 2.32 bits per heavy atom. The first-order chi connectivity index (χ1) is 8.69. The van der Waals surface area contributed by atoms with Crippen LogP contribution in [-0.4, -0.2) is 34.1 Å². The van der Waals surface area contributed by atoms with E-state index in [1.54, 1.807) is 26.0 Å². The smallest absolute Gasteiger partial charge is 0.180 e. The quantitative estimate of drug-likeness (QED) is 0.796. The molecule has 0 saturated heterocycles. The summed E-state index contributed by atoms with van der Waals surface area (Å²) in [5.74, 6) is -0.298. The van der Waals surface area contributed by atoms with Crippen molar-refractivity contribution in [2.24, 2.45) is 0 Å². The van der Waals surface area contributed by atoms with Crippen molar-refractivity contribution in [2.45, 2.75) is 25.2 Å². The average molecular weight is 305 g/mol. The lowest BCUT2D eigenvalue weighted by Gasteiger charge is -2.09. The third-order valence-corrected chi connectivity index (χ3v) is 6.57. The maximum absolute atomic E-state index is 12.1. The van der Waals surface area contributed by atoms with Crippen LogP contribution in [0.1, 0.15) is 18.9 Å². The summed E-state index contributed by atoms with van der Waals surface area (Å²) in [4.78, 5) is 0.0846. The summed E-state index contributed by atoms with van der Waals surface area (Å²) in [6.45, 7) is 3.28. The second kappa shape index (κ2) is 5.92. The van der Waals surface area contributed by atoms with Gasteiger partial charge in [-0.25, -0.2) is 16.8 Å². The number of hydrogen-bond acceptors (Lipinski definition) is 5. The summed E-state index contributed by atoms with van der Waals surface area (Å²) in [5.41, 5.74) is 6.69. The van der Waals surface area contributed by atoms with Crippen molar-refractivity contribution in [2.75, 3.05) is 23.0 Å². The molecule has 0 saturated carbocycles. The number of nitrogens with two attached hydrogens (primary N) is 1. The van der Waals surface area contributed by atoms with Crippen molar-refractivity contribution in [3.63, 3.8) is 0 Å². The zero-order chi connectivity index (χ0) is 14.7. The Balaban J connectivity index is 2.86. The van der Waals surface area contributed by atoms with Gasteiger partial charge in [0.1, 0.15) is 9.84 Å². The summed E-state index contributed by atoms with van der Waals surface area (Å²) < 4.78 is 46.9. The summed E-state index contributed by atoms with van der Waals surface area (Å²) >= 11 is 0. The predicted molar refractivity (Wildman–Crippen MR) is 76.6 cm³/mol. The van der Waals surface area contributed by atoms with Gasteiger partial charge in [-0.3, -0.25) is 0 Å². The lowest BCUT2D eigenvalue weighted by Crippen LogP contribution is -2.15. The van der Waals surface area contributed by atoms with Gasteiger partial charge in [0.15, 0.2) is 9.84 Å². The van der Waals surface area contributed by atoms with E-state index < -0.39 is 19.7 Å². The maximum atomic E-state index is 12.1. The molecule has 5 nitrogen and oxygen atoms in total. The van der Waals surface area contributed by atoms with E-state index in [2.05, 4.69) is 0 Å². The number of rotatable bonds is 6. The molecule has 0 bridgehead atoms. The zero-order valence-electron chi connectivity index (χ0n) is 11.1. The molecular weight excluding hydrogens is 286 g/mol. The van der Waals surface area contributed by atoms with Gasteiger partial charge < -0.3 is 5.73 Å². The standard InChI is InChI=1S/C12H19NO4S2/c1-3-18(14,15)8-5-9-19(16,17)11-7-4-6-10(2)12(11)13/h4,6-7H,3,5,8-9,13H2,1-2H3. The van der Waals surface area contributed by atoms with E-state index in [0.29, 0.717) is 5.56 Å². The Morgan fingerprint density at radius 1 is 1.11 bits per heavy atom. The minimum absolute atomic E-state index is 0.0274. The van der Waals surface area contributed by atoms with E-state index in [4.69, 9.17) is 5.73 Å². The monoisotopic (exact) mass is 305 g/mol. The number of para-hydroxylation sites is 1. The molecule has 0 heterocycles. The van der Waals surface area contributed by atoms with E-state index >= 15 is 0 Å². The Labute approximate surface area is 114 Å². The van der Waals surface area contributed by atoms with Crippen molar-refractivity contribution >= 4 is 25.4 Å². The third-order valence-electron chi connectivity index (χ3n) is 2.93. The van der Waals surface area contributed by atoms with Gasteiger partial charge >= 0.3 is 0 Å². The van der Waals surface area contributed by atoms with E-state index in [1.165, 1.54) is 6.07 Å². The number of aryl methyl sites for hydroxylation is 1. The largest absolute Gasteiger partial charge is 0.397 e. The first-order valence-electron chi connectivity index (χ1n) is 5.98. The molecule has 0 aliphatic carbocycles. The number of hydrogen-bond donors (Lipinski definition) is 1. The Kier molecular flexibility index (Phi) is 4.98. The highest BCUT2D eigenvalue weighted by Crippen LogP contribution is 2.23. The fraction of sp³-hybridized carbons (Fsp3) is 0.500. The van der Waals surface area contributed by atoms with Gasteiger partial charge in [-0.2, -0.15) is 0 Å². The molecule has 0 atom stereocenters. The van der Waals surface area contributed by atoms with E-state index in [0.717, 1.165) is 0 Å². The Bertz CT molecular complexity index is 648. The fourth-order valence-corrected chi connectivity index (χ4v) is 4.23. The van der Waals surface area contributed by atoms with Crippen LogP contribution in [-0.2, 0) is 19.7 Å². The van der Waals surface area contributed by atoms with Gasteiger partial charge in [0, 0.05) is 5.75 Å². The first kappa shape index (κ1) is 16.0. The second-order valence-corrected chi connectivity index (χ2v) is 8.95. The third kappa shape index (κ3) is 4.21. The Morgan fingerprint density at radius 2 is 1.74 bits per heavy atom. The van der Waals surface area contributed by atoms with Crippen LogP contribution >= 0.6 is 0 Å².